The van der Waals surface area contributed by atoms with E-state index in [-0.39, 0.29) is 12.1 Å². The number of hydrogen-bond acceptors (Lipinski definition) is 3. The van der Waals surface area contributed by atoms with Gasteiger partial charge in [-0.2, -0.15) is 0 Å². The van der Waals surface area contributed by atoms with E-state index in [1.54, 1.807) is 0 Å². The van der Waals surface area contributed by atoms with Crippen LogP contribution in [-0.4, -0.2) is 21.7 Å². The number of nitrogens with zero attached hydrogens (tertiary/aromatic N) is 2. The zero-order valence-electron chi connectivity index (χ0n) is 12.9. The third kappa shape index (κ3) is 2.81. The molecule has 2 aromatic rings. The van der Waals surface area contributed by atoms with Gasteiger partial charge in [0.1, 0.15) is 11.6 Å². The van der Waals surface area contributed by atoms with Crippen LogP contribution in [0.1, 0.15) is 39.1 Å². The van der Waals surface area contributed by atoms with E-state index in [4.69, 9.17) is 15.5 Å². The lowest BCUT2D eigenvalue weighted by Crippen LogP contribution is -2.35. The molecular weight excluding hydrogens is 262 g/mol. The van der Waals surface area contributed by atoms with Crippen LogP contribution in [0.3, 0.4) is 0 Å². The maximum atomic E-state index is 6.14. The highest BCUT2D eigenvalue weighted by Crippen LogP contribution is 2.28. The van der Waals surface area contributed by atoms with Crippen LogP contribution in [0.4, 0.5) is 0 Å². The molecule has 4 heteroatoms. The quantitative estimate of drug-likeness (QED) is 0.942. The van der Waals surface area contributed by atoms with Gasteiger partial charge in [-0.15, -0.1) is 0 Å². The average molecular weight is 285 g/mol. The van der Waals surface area contributed by atoms with Gasteiger partial charge >= 0.3 is 0 Å². The van der Waals surface area contributed by atoms with Crippen molar-refractivity contribution < 1.29 is 4.74 Å². The van der Waals surface area contributed by atoms with Crippen LogP contribution in [0.2, 0.25) is 0 Å². The van der Waals surface area contributed by atoms with Gasteiger partial charge in [-0.05, 0) is 51.5 Å². The Balaban J connectivity index is 1.86. The molecule has 2 heterocycles. The SMILES string of the molecule is CC(C)Oc1ccc(-c2cn3c(n2)CCC(N)C3C)cc1. The number of rotatable bonds is 3. The first kappa shape index (κ1) is 14.1. The van der Waals surface area contributed by atoms with Crippen LogP contribution >= 0.6 is 0 Å². The molecular formula is C17H23N3O. The highest BCUT2D eigenvalue weighted by Gasteiger charge is 2.24. The molecule has 1 aliphatic heterocycles. The van der Waals surface area contributed by atoms with Crippen molar-refractivity contribution in [1.82, 2.24) is 9.55 Å². The van der Waals surface area contributed by atoms with Crippen molar-refractivity contribution in [2.45, 2.75) is 51.8 Å². The third-order valence-electron chi connectivity index (χ3n) is 4.09. The fourth-order valence-corrected chi connectivity index (χ4v) is 2.83. The van der Waals surface area contributed by atoms with E-state index in [0.717, 1.165) is 35.7 Å². The fraction of sp³-hybridized carbons (Fsp3) is 0.471. The first-order chi connectivity index (χ1) is 10.0. The molecule has 112 valence electrons. The van der Waals surface area contributed by atoms with Crippen LogP contribution in [0.5, 0.6) is 5.75 Å². The van der Waals surface area contributed by atoms with E-state index in [9.17, 15) is 0 Å². The Labute approximate surface area is 125 Å². The van der Waals surface area contributed by atoms with E-state index in [1.165, 1.54) is 0 Å². The number of hydrogen-bond donors (Lipinski definition) is 1. The Bertz CT molecular complexity index is 615. The van der Waals surface area contributed by atoms with E-state index in [2.05, 4.69) is 29.8 Å². The highest BCUT2D eigenvalue weighted by atomic mass is 16.5. The minimum atomic E-state index is 0.193. The van der Waals surface area contributed by atoms with Crippen molar-refractivity contribution >= 4 is 0 Å². The summed E-state index contributed by atoms with van der Waals surface area (Å²) in [5.74, 6) is 2.04. The molecule has 2 atom stereocenters. The standard InChI is InChI=1S/C17H23N3O/c1-11(2)21-14-6-4-13(5-7-14)16-10-20-12(3)15(18)8-9-17(20)19-16/h4-7,10-12,15H,8-9,18H2,1-3H3. The van der Waals surface area contributed by atoms with Gasteiger partial charge in [0, 0.05) is 30.3 Å². The normalized spacial score (nSPS) is 21.4. The van der Waals surface area contributed by atoms with E-state index in [0.29, 0.717) is 6.04 Å². The predicted octanol–water partition coefficient (Wildman–Crippen LogP) is 3.17. The van der Waals surface area contributed by atoms with Crippen LogP contribution in [0.15, 0.2) is 30.5 Å². The van der Waals surface area contributed by atoms with Gasteiger partial charge in [-0.25, -0.2) is 4.98 Å². The van der Waals surface area contributed by atoms with Crippen LogP contribution in [0.25, 0.3) is 11.3 Å². The molecule has 0 radical (unpaired) electrons. The van der Waals surface area contributed by atoms with Gasteiger partial charge in [0.2, 0.25) is 0 Å². The molecule has 2 unspecified atom stereocenters. The molecule has 0 spiro atoms. The molecule has 1 aromatic heterocycles. The summed E-state index contributed by atoms with van der Waals surface area (Å²) in [6.45, 7) is 6.22. The van der Waals surface area contributed by atoms with Crippen molar-refractivity contribution in [1.29, 1.82) is 0 Å². The topological polar surface area (TPSA) is 53.1 Å². The second-order valence-electron chi connectivity index (χ2n) is 6.08. The minimum Gasteiger partial charge on any atom is -0.491 e. The van der Waals surface area contributed by atoms with Crippen molar-refractivity contribution in [3.63, 3.8) is 0 Å². The zero-order valence-corrected chi connectivity index (χ0v) is 12.9. The van der Waals surface area contributed by atoms with Crippen molar-refractivity contribution in [3.05, 3.63) is 36.3 Å². The van der Waals surface area contributed by atoms with Gasteiger partial charge in [0.25, 0.3) is 0 Å². The second kappa shape index (κ2) is 5.53. The molecule has 4 nitrogen and oxygen atoms in total. The summed E-state index contributed by atoms with van der Waals surface area (Å²) in [6, 6.07) is 8.68. The third-order valence-corrected chi connectivity index (χ3v) is 4.09. The van der Waals surface area contributed by atoms with E-state index in [1.807, 2.05) is 26.0 Å². The lowest BCUT2D eigenvalue weighted by molar-refractivity contribution is 0.242. The number of benzene rings is 1. The van der Waals surface area contributed by atoms with Gasteiger partial charge in [0.05, 0.1) is 11.8 Å². The molecule has 0 fully saturated rings. The summed E-state index contributed by atoms with van der Waals surface area (Å²) < 4.78 is 7.90. The van der Waals surface area contributed by atoms with Gasteiger partial charge in [-0.1, -0.05) is 0 Å². The number of aryl methyl sites for hydroxylation is 1. The molecule has 21 heavy (non-hydrogen) atoms. The number of imidazole rings is 1. The maximum absolute atomic E-state index is 6.14. The van der Waals surface area contributed by atoms with Crippen molar-refractivity contribution in [2.75, 3.05) is 0 Å². The summed E-state index contributed by atoms with van der Waals surface area (Å²) in [6.07, 6.45) is 4.29. The first-order valence-corrected chi connectivity index (χ1v) is 7.65. The first-order valence-electron chi connectivity index (χ1n) is 7.65. The fourth-order valence-electron chi connectivity index (χ4n) is 2.83. The molecule has 1 aromatic carbocycles. The summed E-state index contributed by atoms with van der Waals surface area (Å²) in [4.78, 5) is 4.76. The van der Waals surface area contributed by atoms with Crippen molar-refractivity contribution in [2.24, 2.45) is 5.73 Å². The summed E-state index contributed by atoms with van der Waals surface area (Å²) in [7, 11) is 0. The monoisotopic (exact) mass is 285 g/mol. The molecule has 3 rings (SSSR count). The van der Waals surface area contributed by atoms with E-state index >= 15 is 0 Å². The molecule has 1 aliphatic rings. The number of ether oxygens (including phenoxy) is 1. The number of aromatic nitrogens is 2. The minimum absolute atomic E-state index is 0.193. The molecule has 0 bridgehead atoms. The van der Waals surface area contributed by atoms with Crippen LogP contribution in [-0.2, 0) is 6.42 Å². The second-order valence-corrected chi connectivity index (χ2v) is 6.08. The van der Waals surface area contributed by atoms with Crippen LogP contribution in [0, 0.1) is 0 Å². The lowest BCUT2D eigenvalue weighted by atomic mass is 10.0. The zero-order chi connectivity index (χ0) is 15.0. The Morgan fingerprint density at radius 1 is 1.29 bits per heavy atom. The van der Waals surface area contributed by atoms with Gasteiger partial charge in [-0.3, -0.25) is 0 Å². The average Bonchev–Trinajstić information content (AvgIpc) is 2.88. The predicted molar refractivity (Wildman–Crippen MR) is 84.4 cm³/mol. The Morgan fingerprint density at radius 3 is 2.67 bits per heavy atom. The Kier molecular flexibility index (Phi) is 3.72. The van der Waals surface area contributed by atoms with Crippen LogP contribution < -0.4 is 10.5 Å². The largest absolute Gasteiger partial charge is 0.491 e. The molecule has 2 N–H and O–H groups in total. The molecule has 0 saturated heterocycles. The van der Waals surface area contributed by atoms with Gasteiger partial charge < -0.3 is 15.0 Å². The smallest absolute Gasteiger partial charge is 0.119 e. The number of fused-ring (bicyclic) bond motifs is 1. The summed E-state index contributed by atoms with van der Waals surface area (Å²) >= 11 is 0. The Morgan fingerprint density at radius 2 is 2.00 bits per heavy atom. The lowest BCUT2D eigenvalue weighted by Gasteiger charge is -2.27. The molecule has 0 amide bonds. The van der Waals surface area contributed by atoms with Gasteiger partial charge in [0.15, 0.2) is 0 Å². The molecule has 0 saturated carbocycles. The number of nitrogens with two attached hydrogens (primary N) is 1. The Hall–Kier alpha value is -1.81. The maximum Gasteiger partial charge on any atom is 0.119 e. The summed E-state index contributed by atoms with van der Waals surface area (Å²) in [5, 5.41) is 0. The summed E-state index contributed by atoms with van der Waals surface area (Å²) in [5.41, 5.74) is 8.28. The molecule has 0 aliphatic carbocycles. The highest BCUT2D eigenvalue weighted by molar-refractivity contribution is 5.60. The van der Waals surface area contributed by atoms with E-state index < -0.39 is 0 Å². The van der Waals surface area contributed by atoms with Crippen molar-refractivity contribution in [3.8, 4) is 17.0 Å².